The van der Waals surface area contributed by atoms with Gasteiger partial charge in [-0.1, -0.05) is 6.07 Å². The van der Waals surface area contributed by atoms with E-state index < -0.39 is 11.6 Å². The molecule has 102 valence electrons. The molecule has 0 radical (unpaired) electrons. The molecule has 0 amide bonds. The zero-order valence-corrected chi connectivity index (χ0v) is 11.1. The van der Waals surface area contributed by atoms with Crippen LogP contribution in [0.2, 0.25) is 0 Å². The van der Waals surface area contributed by atoms with Gasteiger partial charge in [0.15, 0.2) is 0 Å². The molecule has 1 aliphatic heterocycles. The number of nitrogens with two attached hydrogens (primary N) is 1. The maximum atomic E-state index is 13.5. The molecule has 0 aliphatic carbocycles. The molecule has 1 atom stereocenters. The smallest absolute Gasteiger partial charge is 0.130 e. The van der Waals surface area contributed by atoms with Gasteiger partial charge in [0.2, 0.25) is 0 Å². The first-order valence-corrected chi connectivity index (χ1v) is 6.06. The van der Waals surface area contributed by atoms with Crippen LogP contribution in [0.5, 0.6) is 0 Å². The third-order valence-corrected chi connectivity index (χ3v) is 3.38. The van der Waals surface area contributed by atoms with E-state index >= 15 is 0 Å². The van der Waals surface area contributed by atoms with Crippen LogP contribution in [0.1, 0.15) is 18.4 Å². The number of halogens is 3. The van der Waals surface area contributed by atoms with Crippen molar-refractivity contribution in [1.29, 1.82) is 0 Å². The summed E-state index contributed by atoms with van der Waals surface area (Å²) in [5, 5.41) is 0. The third kappa shape index (κ3) is 3.64. The van der Waals surface area contributed by atoms with E-state index in [4.69, 9.17) is 5.73 Å². The van der Waals surface area contributed by atoms with E-state index in [0.717, 1.165) is 25.9 Å². The summed E-state index contributed by atoms with van der Waals surface area (Å²) in [5.74, 6) is -0.460. The molecule has 0 bridgehead atoms. The maximum absolute atomic E-state index is 13.5. The van der Waals surface area contributed by atoms with E-state index in [1.54, 1.807) is 0 Å². The van der Waals surface area contributed by atoms with E-state index in [-0.39, 0.29) is 18.0 Å². The lowest BCUT2D eigenvalue weighted by atomic mass is 9.98. The predicted molar refractivity (Wildman–Crippen MR) is 70.7 cm³/mol. The van der Waals surface area contributed by atoms with Crippen LogP contribution in [-0.2, 0) is 6.54 Å². The van der Waals surface area contributed by atoms with Crippen molar-refractivity contribution in [2.45, 2.75) is 19.4 Å². The Hall–Kier alpha value is -0.710. The van der Waals surface area contributed by atoms with Crippen LogP contribution in [0.4, 0.5) is 8.78 Å². The Labute approximate surface area is 113 Å². The van der Waals surface area contributed by atoms with Gasteiger partial charge in [-0.15, -0.1) is 12.4 Å². The Morgan fingerprint density at radius 1 is 1.28 bits per heavy atom. The predicted octanol–water partition coefficient (Wildman–Crippen LogP) is 2.56. The molecule has 0 saturated carbocycles. The minimum atomic E-state index is -0.458. The first-order chi connectivity index (χ1) is 8.20. The fourth-order valence-corrected chi connectivity index (χ4v) is 2.39. The molecule has 5 heteroatoms. The lowest BCUT2D eigenvalue weighted by Crippen LogP contribution is -2.38. The lowest BCUT2D eigenvalue weighted by molar-refractivity contribution is 0.167. The average Bonchev–Trinajstić information content (AvgIpc) is 2.34. The van der Waals surface area contributed by atoms with Crippen molar-refractivity contribution < 1.29 is 8.78 Å². The van der Waals surface area contributed by atoms with Crippen LogP contribution in [0, 0.1) is 17.6 Å². The summed E-state index contributed by atoms with van der Waals surface area (Å²) in [5.41, 5.74) is 5.82. The standard InChI is InChI=1S/C13H18F2N2.ClH/c14-12-4-1-5-13(15)11(12)9-17-6-2-3-10(7-16)8-17;/h1,4-5,10H,2-3,6-9,16H2;1H. The van der Waals surface area contributed by atoms with Crippen molar-refractivity contribution in [1.82, 2.24) is 4.90 Å². The topological polar surface area (TPSA) is 29.3 Å². The van der Waals surface area contributed by atoms with Gasteiger partial charge in [-0.05, 0) is 44.0 Å². The molecular formula is C13H19ClF2N2. The van der Waals surface area contributed by atoms with E-state index in [9.17, 15) is 8.78 Å². The first-order valence-electron chi connectivity index (χ1n) is 6.06. The van der Waals surface area contributed by atoms with Crippen LogP contribution in [0.3, 0.4) is 0 Å². The van der Waals surface area contributed by atoms with Crippen molar-refractivity contribution in [3.8, 4) is 0 Å². The average molecular weight is 277 g/mol. The van der Waals surface area contributed by atoms with Gasteiger partial charge in [0.05, 0.1) is 0 Å². The number of piperidine rings is 1. The van der Waals surface area contributed by atoms with Crippen LogP contribution < -0.4 is 5.73 Å². The van der Waals surface area contributed by atoms with Crippen molar-refractivity contribution >= 4 is 12.4 Å². The molecule has 1 unspecified atom stereocenters. The van der Waals surface area contributed by atoms with Gasteiger partial charge >= 0.3 is 0 Å². The third-order valence-electron chi connectivity index (χ3n) is 3.38. The molecule has 1 aromatic rings. The summed E-state index contributed by atoms with van der Waals surface area (Å²) in [6.45, 7) is 2.72. The van der Waals surface area contributed by atoms with Crippen molar-refractivity contribution in [3.63, 3.8) is 0 Å². The Balaban J connectivity index is 0.00000162. The summed E-state index contributed by atoms with van der Waals surface area (Å²) >= 11 is 0. The van der Waals surface area contributed by atoms with E-state index in [1.165, 1.54) is 18.2 Å². The summed E-state index contributed by atoms with van der Waals surface area (Å²) in [6.07, 6.45) is 2.17. The highest BCUT2D eigenvalue weighted by Crippen LogP contribution is 2.20. The molecule has 0 spiro atoms. The first kappa shape index (κ1) is 15.3. The van der Waals surface area contributed by atoms with Gasteiger partial charge in [0, 0.05) is 18.7 Å². The number of likely N-dealkylation sites (tertiary alicyclic amines) is 1. The zero-order valence-electron chi connectivity index (χ0n) is 10.2. The minimum absolute atomic E-state index is 0. The Bertz CT molecular complexity index is 367. The quantitative estimate of drug-likeness (QED) is 0.919. The summed E-state index contributed by atoms with van der Waals surface area (Å²) in [7, 11) is 0. The van der Waals surface area contributed by atoms with Crippen molar-refractivity contribution in [2.75, 3.05) is 19.6 Å². The van der Waals surface area contributed by atoms with Crippen molar-refractivity contribution in [2.24, 2.45) is 11.7 Å². The Morgan fingerprint density at radius 3 is 2.56 bits per heavy atom. The van der Waals surface area contributed by atoms with Gasteiger partial charge < -0.3 is 5.73 Å². The number of hydrogen-bond acceptors (Lipinski definition) is 2. The maximum Gasteiger partial charge on any atom is 0.130 e. The number of hydrogen-bond donors (Lipinski definition) is 1. The van der Waals surface area contributed by atoms with Crippen LogP contribution in [-0.4, -0.2) is 24.5 Å². The summed E-state index contributed by atoms with van der Waals surface area (Å²) < 4.78 is 27.0. The van der Waals surface area contributed by atoms with E-state index in [1.807, 2.05) is 0 Å². The molecular weight excluding hydrogens is 258 g/mol. The number of benzene rings is 1. The van der Waals surface area contributed by atoms with Crippen LogP contribution in [0.15, 0.2) is 18.2 Å². The van der Waals surface area contributed by atoms with Gasteiger partial charge in [-0.3, -0.25) is 4.90 Å². The largest absolute Gasteiger partial charge is 0.330 e. The van der Waals surface area contributed by atoms with Gasteiger partial charge in [-0.25, -0.2) is 8.78 Å². The SMILES string of the molecule is Cl.NCC1CCCN(Cc2c(F)cccc2F)C1. The summed E-state index contributed by atoms with van der Waals surface area (Å²) in [6, 6.07) is 4.01. The van der Waals surface area contributed by atoms with Crippen LogP contribution >= 0.6 is 12.4 Å². The molecule has 1 fully saturated rings. The molecule has 1 heterocycles. The Kier molecular flexibility index (Phi) is 5.99. The fourth-order valence-electron chi connectivity index (χ4n) is 2.39. The second-order valence-corrected chi connectivity index (χ2v) is 4.68. The molecule has 18 heavy (non-hydrogen) atoms. The molecule has 1 saturated heterocycles. The normalized spacial score (nSPS) is 20.5. The minimum Gasteiger partial charge on any atom is -0.330 e. The number of rotatable bonds is 3. The molecule has 2 rings (SSSR count). The Morgan fingerprint density at radius 2 is 1.94 bits per heavy atom. The zero-order chi connectivity index (χ0) is 12.3. The molecule has 2 nitrogen and oxygen atoms in total. The van der Waals surface area contributed by atoms with Gasteiger partial charge in [0.1, 0.15) is 11.6 Å². The lowest BCUT2D eigenvalue weighted by Gasteiger charge is -2.32. The van der Waals surface area contributed by atoms with Crippen molar-refractivity contribution in [3.05, 3.63) is 35.4 Å². The van der Waals surface area contributed by atoms with Gasteiger partial charge in [-0.2, -0.15) is 0 Å². The number of nitrogens with zero attached hydrogens (tertiary/aromatic N) is 1. The molecule has 1 aliphatic rings. The molecule has 2 N–H and O–H groups in total. The molecule has 1 aromatic carbocycles. The monoisotopic (exact) mass is 276 g/mol. The highest BCUT2D eigenvalue weighted by atomic mass is 35.5. The second kappa shape index (κ2) is 7.02. The highest BCUT2D eigenvalue weighted by Gasteiger charge is 2.20. The molecule has 0 aromatic heterocycles. The summed E-state index contributed by atoms with van der Waals surface area (Å²) in [4.78, 5) is 2.09. The van der Waals surface area contributed by atoms with E-state index in [2.05, 4.69) is 4.90 Å². The van der Waals surface area contributed by atoms with E-state index in [0.29, 0.717) is 19.0 Å². The highest BCUT2D eigenvalue weighted by molar-refractivity contribution is 5.85. The van der Waals surface area contributed by atoms with Gasteiger partial charge in [0.25, 0.3) is 0 Å². The second-order valence-electron chi connectivity index (χ2n) is 4.68. The van der Waals surface area contributed by atoms with Crippen LogP contribution in [0.25, 0.3) is 0 Å². The fraction of sp³-hybridized carbons (Fsp3) is 0.538.